The summed E-state index contributed by atoms with van der Waals surface area (Å²) in [5, 5.41) is 0. The molecule has 2 nitrogen and oxygen atoms in total. The number of rotatable bonds is 2. The third-order valence-corrected chi connectivity index (χ3v) is 3.01. The molecule has 2 heteroatoms. The van der Waals surface area contributed by atoms with E-state index in [0.29, 0.717) is 30.1 Å². The van der Waals surface area contributed by atoms with Gasteiger partial charge in [-0.3, -0.25) is 4.79 Å². The first-order valence-electron chi connectivity index (χ1n) is 4.87. The van der Waals surface area contributed by atoms with Gasteiger partial charge in [0.1, 0.15) is 5.78 Å². The summed E-state index contributed by atoms with van der Waals surface area (Å²) < 4.78 is 0. The first-order chi connectivity index (χ1) is 5.65. The molecular weight excluding hydrogens is 150 g/mol. The molecule has 1 aliphatic carbocycles. The van der Waals surface area contributed by atoms with Crippen LogP contribution in [0.3, 0.4) is 0 Å². The summed E-state index contributed by atoms with van der Waals surface area (Å²) in [6.45, 7) is 5.13. The predicted molar refractivity (Wildman–Crippen MR) is 49.7 cm³/mol. The number of hydrogen-bond donors (Lipinski definition) is 1. The summed E-state index contributed by atoms with van der Waals surface area (Å²) >= 11 is 0. The van der Waals surface area contributed by atoms with Crippen LogP contribution in [0.25, 0.3) is 0 Å². The van der Waals surface area contributed by atoms with Crippen LogP contribution in [-0.4, -0.2) is 12.3 Å². The zero-order chi connectivity index (χ0) is 9.14. The highest BCUT2D eigenvalue weighted by Gasteiger charge is 2.29. The highest BCUT2D eigenvalue weighted by molar-refractivity contribution is 5.79. The van der Waals surface area contributed by atoms with Crippen molar-refractivity contribution in [3.8, 4) is 0 Å². The Hall–Kier alpha value is -0.370. The maximum Gasteiger partial charge on any atom is 0.133 e. The van der Waals surface area contributed by atoms with E-state index in [1.807, 2.05) is 0 Å². The van der Waals surface area contributed by atoms with E-state index < -0.39 is 0 Å². The van der Waals surface area contributed by atoms with E-state index in [2.05, 4.69) is 13.8 Å². The van der Waals surface area contributed by atoms with Crippen LogP contribution in [0.1, 0.15) is 33.1 Å². The molecule has 1 fully saturated rings. The Kier molecular flexibility index (Phi) is 3.27. The van der Waals surface area contributed by atoms with Gasteiger partial charge < -0.3 is 5.73 Å². The van der Waals surface area contributed by atoms with Crippen LogP contribution in [0.5, 0.6) is 0 Å². The molecule has 0 spiro atoms. The minimum Gasteiger partial charge on any atom is -0.330 e. The minimum absolute atomic E-state index is 0.405. The van der Waals surface area contributed by atoms with Crippen LogP contribution < -0.4 is 5.73 Å². The van der Waals surface area contributed by atoms with Gasteiger partial charge in [-0.1, -0.05) is 13.8 Å². The number of ketones is 1. The van der Waals surface area contributed by atoms with E-state index in [1.54, 1.807) is 0 Å². The zero-order valence-corrected chi connectivity index (χ0v) is 8.05. The van der Waals surface area contributed by atoms with Gasteiger partial charge in [-0.25, -0.2) is 0 Å². The van der Waals surface area contributed by atoms with E-state index in [9.17, 15) is 4.79 Å². The molecule has 2 N–H and O–H groups in total. The SMILES string of the molecule is CC(C)C1CCC(=O)CC1CN. The Bertz CT molecular complexity index is 165. The Balaban J connectivity index is 2.56. The van der Waals surface area contributed by atoms with Crippen LogP contribution in [0.2, 0.25) is 0 Å². The quantitative estimate of drug-likeness (QED) is 0.682. The molecule has 70 valence electrons. The first kappa shape index (κ1) is 9.72. The number of carbonyl (C=O) groups excluding carboxylic acids is 1. The Labute approximate surface area is 74.5 Å². The lowest BCUT2D eigenvalue weighted by molar-refractivity contribution is -0.123. The van der Waals surface area contributed by atoms with E-state index in [1.165, 1.54) is 0 Å². The summed E-state index contributed by atoms with van der Waals surface area (Å²) in [6.07, 6.45) is 2.55. The van der Waals surface area contributed by atoms with Crippen molar-refractivity contribution in [2.24, 2.45) is 23.5 Å². The average molecular weight is 169 g/mol. The van der Waals surface area contributed by atoms with Crippen LogP contribution in [0.15, 0.2) is 0 Å². The minimum atomic E-state index is 0.405. The van der Waals surface area contributed by atoms with Gasteiger partial charge in [-0.2, -0.15) is 0 Å². The smallest absolute Gasteiger partial charge is 0.133 e. The molecule has 0 radical (unpaired) electrons. The lowest BCUT2D eigenvalue weighted by atomic mass is 9.73. The van der Waals surface area contributed by atoms with E-state index >= 15 is 0 Å². The van der Waals surface area contributed by atoms with Gasteiger partial charge in [0.25, 0.3) is 0 Å². The molecule has 2 unspecified atom stereocenters. The molecule has 1 aliphatic rings. The van der Waals surface area contributed by atoms with Gasteiger partial charge >= 0.3 is 0 Å². The molecular formula is C10H19NO. The second kappa shape index (κ2) is 4.04. The standard InChI is InChI=1S/C10H19NO/c1-7(2)10-4-3-9(12)5-8(10)6-11/h7-8,10H,3-6,11H2,1-2H3. The fraction of sp³-hybridized carbons (Fsp3) is 0.900. The van der Waals surface area contributed by atoms with Gasteiger partial charge in [-0.15, -0.1) is 0 Å². The molecule has 0 aliphatic heterocycles. The van der Waals surface area contributed by atoms with Crippen molar-refractivity contribution in [1.29, 1.82) is 0 Å². The van der Waals surface area contributed by atoms with E-state index in [0.717, 1.165) is 19.3 Å². The largest absolute Gasteiger partial charge is 0.330 e. The highest BCUT2D eigenvalue weighted by atomic mass is 16.1. The zero-order valence-electron chi connectivity index (χ0n) is 8.05. The highest BCUT2D eigenvalue weighted by Crippen LogP contribution is 2.32. The maximum absolute atomic E-state index is 11.1. The number of carbonyl (C=O) groups is 1. The van der Waals surface area contributed by atoms with Gasteiger partial charge in [0.2, 0.25) is 0 Å². The fourth-order valence-corrected chi connectivity index (χ4v) is 2.25. The average Bonchev–Trinajstić information content (AvgIpc) is 2.03. The van der Waals surface area contributed by atoms with Crippen molar-refractivity contribution in [1.82, 2.24) is 0 Å². The lowest BCUT2D eigenvalue weighted by Gasteiger charge is -2.32. The maximum atomic E-state index is 11.1. The summed E-state index contributed by atoms with van der Waals surface area (Å²) in [6, 6.07) is 0. The van der Waals surface area contributed by atoms with Crippen molar-refractivity contribution in [2.75, 3.05) is 6.54 Å². The van der Waals surface area contributed by atoms with Crippen molar-refractivity contribution in [2.45, 2.75) is 33.1 Å². The van der Waals surface area contributed by atoms with Gasteiger partial charge in [0.15, 0.2) is 0 Å². The van der Waals surface area contributed by atoms with Crippen molar-refractivity contribution in [3.63, 3.8) is 0 Å². The summed E-state index contributed by atoms with van der Waals surface area (Å²) in [4.78, 5) is 11.1. The van der Waals surface area contributed by atoms with Crippen molar-refractivity contribution in [3.05, 3.63) is 0 Å². The Morgan fingerprint density at radius 2 is 2.25 bits per heavy atom. The molecule has 0 heterocycles. The van der Waals surface area contributed by atoms with E-state index in [4.69, 9.17) is 5.73 Å². The molecule has 0 saturated heterocycles. The van der Waals surface area contributed by atoms with Crippen molar-refractivity contribution >= 4 is 5.78 Å². The van der Waals surface area contributed by atoms with Gasteiger partial charge in [0.05, 0.1) is 0 Å². The van der Waals surface area contributed by atoms with Crippen molar-refractivity contribution < 1.29 is 4.79 Å². The summed E-state index contributed by atoms with van der Waals surface area (Å²) in [7, 11) is 0. The summed E-state index contributed by atoms with van der Waals surface area (Å²) in [5.74, 6) is 2.20. The Morgan fingerprint density at radius 3 is 2.75 bits per heavy atom. The Morgan fingerprint density at radius 1 is 1.58 bits per heavy atom. The van der Waals surface area contributed by atoms with Crippen LogP contribution in [0.4, 0.5) is 0 Å². The topological polar surface area (TPSA) is 43.1 Å². The second-order valence-electron chi connectivity index (χ2n) is 4.19. The van der Waals surface area contributed by atoms with Gasteiger partial charge in [0, 0.05) is 12.8 Å². The van der Waals surface area contributed by atoms with Gasteiger partial charge in [-0.05, 0) is 30.7 Å². The second-order valence-corrected chi connectivity index (χ2v) is 4.19. The predicted octanol–water partition coefficient (Wildman–Crippen LogP) is 1.59. The summed E-state index contributed by atoms with van der Waals surface area (Å²) in [5.41, 5.74) is 5.64. The molecule has 0 aromatic rings. The molecule has 1 saturated carbocycles. The lowest BCUT2D eigenvalue weighted by Crippen LogP contribution is -2.33. The first-order valence-corrected chi connectivity index (χ1v) is 4.87. The third kappa shape index (κ3) is 2.07. The molecule has 0 bridgehead atoms. The third-order valence-electron chi connectivity index (χ3n) is 3.01. The normalized spacial score (nSPS) is 31.2. The number of Topliss-reactive ketones (excluding diaryl/α,β-unsaturated/α-hetero) is 1. The molecule has 0 aromatic heterocycles. The van der Waals surface area contributed by atoms with Crippen LogP contribution >= 0.6 is 0 Å². The number of hydrogen-bond acceptors (Lipinski definition) is 2. The fourth-order valence-electron chi connectivity index (χ4n) is 2.25. The molecule has 1 rings (SSSR count). The monoisotopic (exact) mass is 169 g/mol. The van der Waals surface area contributed by atoms with Crippen LogP contribution in [0, 0.1) is 17.8 Å². The number of nitrogens with two attached hydrogens (primary N) is 1. The van der Waals surface area contributed by atoms with Crippen LogP contribution in [-0.2, 0) is 4.79 Å². The molecule has 12 heavy (non-hydrogen) atoms. The van der Waals surface area contributed by atoms with E-state index in [-0.39, 0.29) is 0 Å². The molecule has 2 atom stereocenters. The molecule has 0 aromatic carbocycles. The molecule has 0 amide bonds.